The summed E-state index contributed by atoms with van der Waals surface area (Å²) in [5.74, 6) is -4.32. The Morgan fingerprint density at radius 3 is 2.39 bits per heavy atom. The van der Waals surface area contributed by atoms with E-state index >= 15 is 0 Å². The van der Waals surface area contributed by atoms with Crippen molar-refractivity contribution in [3.8, 4) is 0 Å². The maximum atomic E-state index is 14.0. The summed E-state index contributed by atoms with van der Waals surface area (Å²) in [6.45, 7) is -0.337. The van der Waals surface area contributed by atoms with Crippen LogP contribution in [0, 0.1) is 17.6 Å². The van der Waals surface area contributed by atoms with Crippen LogP contribution in [0.5, 0.6) is 0 Å². The van der Waals surface area contributed by atoms with E-state index in [4.69, 9.17) is 34.8 Å². The predicted octanol–water partition coefficient (Wildman–Crippen LogP) is 5.42. The van der Waals surface area contributed by atoms with Gasteiger partial charge in [-0.2, -0.15) is 0 Å². The summed E-state index contributed by atoms with van der Waals surface area (Å²) < 4.78 is 50.3. The minimum absolute atomic E-state index is 0.0129. The molecule has 3 rings (SSSR count). The number of carbonyl (C=O) groups excluding carboxylic acids is 2. The van der Waals surface area contributed by atoms with Gasteiger partial charge in [-0.3, -0.25) is 9.59 Å². The lowest BCUT2D eigenvalue weighted by Gasteiger charge is -2.10. The van der Waals surface area contributed by atoms with Crippen LogP contribution < -0.4 is 10.6 Å². The smallest absolute Gasteiger partial charge is 0.247 e. The Hall–Kier alpha value is -2.03. The minimum atomic E-state index is -2.82. The molecule has 0 radical (unpaired) electrons. The van der Waals surface area contributed by atoms with Crippen molar-refractivity contribution in [3.05, 3.63) is 64.2 Å². The lowest BCUT2D eigenvalue weighted by atomic mass is 10.1. The average Bonchev–Trinajstić information content (AvgIpc) is 3.26. The fourth-order valence-electron chi connectivity index (χ4n) is 3.19. The van der Waals surface area contributed by atoms with Gasteiger partial charge in [0, 0.05) is 23.7 Å². The van der Waals surface area contributed by atoms with Crippen LogP contribution in [0.1, 0.15) is 23.5 Å². The Morgan fingerprint density at radius 1 is 1.06 bits per heavy atom. The van der Waals surface area contributed by atoms with E-state index in [-0.39, 0.29) is 22.8 Å². The number of hydrogen-bond acceptors (Lipinski definition) is 2. The number of anilines is 1. The molecule has 0 aromatic heterocycles. The van der Waals surface area contributed by atoms with Crippen molar-refractivity contribution in [1.29, 1.82) is 0 Å². The molecule has 31 heavy (non-hydrogen) atoms. The van der Waals surface area contributed by atoms with E-state index in [1.807, 2.05) is 0 Å². The number of halogens is 7. The number of carbonyl (C=O) groups is 2. The molecular weight excluding hydrogens is 483 g/mol. The zero-order valence-corrected chi connectivity index (χ0v) is 17.8. The molecule has 11 heteroatoms. The Balaban J connectivity index is 1.69. The third-order valence-electron chi connectivity index (χ3n) is 4.77. The van der Waals surface area contributed by atoms with E-state index in [9.17, 15) is 27.2 Å². The Morgan fingerprint density at radius 2 is 1.74 bits per heavy atom. The van der Waals surface area contributed by atoms with E-state index in [2.05, 4.69) is 10.6 Å². The molecule has 0 spiro atoms. The van der Waals surface area contributed by atoms with Gasteiger partial charge in [0.05, 0.1) is 17.4 Å². The molecule has 1 aliphatic rings. The Bertz CT molecular complexity index is 1020. The van der Waals surface area contributed by atoms with Gasteiger partial charge in [-0.1, -0.05) is 17.7 Å². The quantitative estimate of drug-likeness (QED) is 0.397. The normalized spacial score (nSPS) is 19.2. The summed E-state index contributed by atoms with van der Waals surface area (Å²) in [5.41, 5.74) is 0.663. The maximum absolute atomic E-state index is 14.0. The van der Waals surface area contributed by atoms with E-state index in [1.54, 1.807) is 0 Å². The van der Waals surface area contributed by atoms with E-state index < -0.39 is 52.5 Å². The lowest BCUT2D eigenvalue weighted by molar-refractivity contribution is -0.123. The van der Waals surface area contributed by atoms with Crippen molar-refractivity contribution in [1.82, 2.24) is 5.32 Å². The molecule has 2 amide bonds. The molecule has 1 aliphatic carbocycles. The van der Waals surface area contributed by atoms with Crippen LogP contribution in [-0.4, -0.2) is 22.6 Å². The third-order valence-corrected chi connectivity index (χ3v) is 6.00. The topological polar surface area (TPSA) is 58.2 Å². The molecule has 2 aromatic rings. The number of nitrogens with one attached hydrogen (secondary N) is 2. The van der Waals surface area contributed by atoms with Crippen LogP contribution in [0.4, 0.5) is 23.2 Å². The Labute approximate surface area is 189 Å². The number of alkyl halides is 4. The number of rotatable bonds is 7. The third kappa shape index (κ3) is 5.42. The molecule has 4 nitrogen and oxygen atoms in total. The van der Waals surface area contributed by atoms with Gasteiger partial charge < -0.3 is 10.6 Å². The van der Waals surface area contributed by atoms with Crippen LogP contribution in [0.15, 0.2) is 36.4 Å². The summed E-state index contributed by atoms with van der Waals surface area (Å²) >= 11 is 18.3. The first-order valence-electron chi connectivity index (χ1n) is 8.97. The molecule has 1 fully saturated rings. The van der Waals surface area contributed by atoms with Gasteiger partial charge in [0.25, 0.3) is 0 Å². The molecule has 2 aromatic carbocycles. The highest BCUT2D eigenvalue weighted by Gasteiger charge is 2.67. The Kier molecular flexibility index (Phi) is 7.03. The number of hydrogen-bond donors (Lipinski definition) is 2. The highest BCUT2D eigenvalue weighted by molar-refractivity contribution is 6.53. The van der Waals surface area contributed by atoms with Crippen LogP contribution in [0.25, 0.3) is 0 Å². The molecule has 2 atom stereocenters. The van der Waals surface area contributed by atoms with Gasteiger partial charge in [0.15, 0.2) is 0 Å². The minimum Gasteiger partial charge on any atom is -0.352 e. The van der Waals surface area contributed by atoms with Crippen molar-refractivity contribution in [2.24, 2.45) is 5.92 Å². The summed E-state index contributed by atoms with van der Waals surface area (Å²) in [7, 11) is 0. The summed E-state index contributed by atoms with van der Waals surface area (Å²) in [5, 5.41) is 4.61. The first-order chi connectivity index (χ1) is 14.5. The molecule has 1 saturated carbocycles. The molecule has 2 N–H and O–H groups in total. The largest absolute Gasteiger partial charge is 0.352 e. The average molecular weight is 498 g/mol. The molecular formula is C20H15Cl3F4N2O2. The van der Waals surface area contributed by atoms with Crippen molar-refractivity contribution in [3.63, 3.8) is 0 Å². The highest BCUT2D eigenvalue weighted by Crippen LogP contribution is 2.65. The van der Waals surface area contributed by atoms with Gasteiger partial charge in [0.1, 0.15) is 16.0 Å². The second-order valence-corrected chi connectivity index (χ2v) is 8.82. The molecule has 0 aliphatic heterocycles. The van der Waals surface area contributed by atoms with Gasteiger partial charge in [-0.25, -0.2) is 17.6 Å². The fourth-order valence-corrected chi connectivity index (χ4v) is 4.20. The molecule has 0 heterocycles. The number of benzene rings is 2. The monoisotopic (exact) mass is 496 g/mol. The highest BCUT2D eigenvalue weighted by atomic mass is 35.5. The summed E-state index contributed by atoms with van der Waals surface area (Å²) in [6.07, 6.45) is -3.81. The van der Waals surface area contributed by atoms with Gasteiger partial charge in [-0.15, -0.1) is 23.2 Å². The van der Waals surface area contributed by atoms with Crippen LogP contribution in [-0.2, 0) is 16.1 Å². The molecule has 166 valence electrons. The molecule has 0 bridgehead atoms. The van der Waals surface area contributed by atoms with E-state index in [0.717, 1.165) is 12.1 Å². The molecule has 2 unspecified atom stereocenters. The zero-order chi connectivity index (χ0) is 22.9. The van der Waals surface area contributed by atoms with Crippen LogP contribution in [0.3, 0.4) is 0 Å². The fraction of sp³-hybridized carbons (Fsp3) is 0.300. The standard InChI is InChI=1S/C20H15Cl3F4N2O2/c21-12-6-9(1-3-14(12)25)17-18(20(17,22)23)19(31)29-11-2-4-13(24)10(5-11)8-28-16(30)7-15(26)27/h1-6,15,17-18H,7-8H2,(H,28,30)(H,29,31). The van der Waals surface area contributed by atoms with Gasteiger partial charge in [0.2, 0.25) is 18.2 Å². The zero-order valence-electron chi connectivity index (χ0n) is 15.6. The number of amides is 2. The second kappa shape index (κ2) is 9.22. The first kappa shape index (κ1) is 23.6. The second-order valence-electron chi connectivity index (χ2n) is 6.97. The lowest BCUT2D eigenvalue weighted by Crippen LogP contribution is -2.25. The first-order valence-corrected chi connectivity index (χ1v) is 10.1. The predicted molar refractivity (Wildman–Crippen MR) is 110 cm³/mol. The van der Waals surface area contributed by atoms with Crippen molar-refractivity contribution in [2.75, 3.05) is 5.32 Å². The van der Waals surface area contributed by atoms with Gasteiger partial charge >= 0.3 is 0 Å². The van der Waals surface area contributed by atoms with Gasteiger partial charge in [-0.05, 0) is 35.9 Å². The summed E-state index contributed by atoms with van der Waals surface area (Å²) in [6, 6.07) is 7.51. The van der Waals surface area contributed by atoms with E-state index in [0.29, 0.717) is 5.56 Å². The molecule has 0 saturated heterocycles. The SMILES string of the molecule is O=C(CC(F)F)NCc1cc(NC(=O)C2C(c3ccc(F)c(Cl)c3)C2(Cl)Cl)ccc1F. The van der Waals surface area contributed by atoms with Crippen LogP contribution in [0.2, 0.25) is 5.02 Å². The van der Waals surface area contributed by atoms with Crippen LogP contribution >= 0.6 is 34.8 Å². The van der Waals surface area contributed by atoms with Crippen molar-refractivity contribution in [2.45, 2.75) is 29.6 Å². The van der Waals surface area contributed by atoms with Crippen molar-refractivity contribution < 1.29 is 27.2 Å². The maximum Gasteiger partial charge on any atom is 0.247 e. The summed E-state index contributed by atoms with van der Waals surface area (Å²) in [4.78, 5) is 24.0. The van der Waals surface area contributed by atoms with Crippen molar-refractivity contribution >= 4 is 52.3 Å². The van der Waals surface area contributed by atoms with E-state index in [1.165, 1.54) is 24.3 Å².